The number of pyridine rings is 1. The van der Waals surface area contributed by atoms with Gasteiger partial charge in [-0.05, 0) is 31.2 Å². The number of carbonyl (C=O) groups excluding carboxylic acids is 1. The number of aromatic nitrogens is 1. The number of ether oxygens (including phenoxy) is 1. The molecular weight excluding hydrogens is 321 g/mol. The van der Waals surface area contributed by atoms with Gasteiger partial charge >= 0.3 is 6.18 Å². The Hall–Kier alpha value is -2.88. The van der Waals surface area contributed by atoms with Gasteiger partial charge in [-0.2, -0.15) is 18.4 Å². The minimum Gasteiger partial charge on any atom is -0.486 e. The first-order valence-corrected chi connectivity index (χ1v) is 6.96. The maximum absolute atomic E-state index is 12.5. The van der Waals surface area contributed by atoms with Crippen molar-refractivity contribution < 1.29 is 22.7 Å². The summed E-state index contributed by atoms with van der Waals surface area (Å²) in [5.74, 6) is -1.39. The standard InChI is InChI=1S/C17H13F3N2O2/c1-11-2-5-13(6-3-11)24-10-16(23)14(8-21)15-7-4-12(9-22-15)17(18,19)20/h2-7,9,14H,10H2,1H3. The molecule has 7 heteroatoms. The molecule has 24 heavy (non-hydrogen) atoms. The summed E-state index contributed by atoms with van der Waals surface area (Å²) < 4.78 is 42.8. The van der Waals surface area contributed by atoms with Crippen molar-refractivity contribution in [3.8, 4) is 11.8 Å². The first kappa shape index (κ1) is 17.5. The van der Waals surface area contributed by atoms with E-state index in [0.717, 1.165) is 17.7 Å². The quantitative estimate of drug-likeness (QED) is 0.837. The molecular formula is C17H13F3N2O2. The maximum Gasteiger partial charge on any atom is 0.417 e. The number of Topliss-reactive ketones (excluding diaryl/α,β-unsaturated/α-hetero) is 1. The van der Waals surface area contributed by atoms with Gasteiger partial charge < -0.3 is 4.74 Å². The van der Waals surface area contributed by atoms with Crippen LogP contribution in [0.15, 0.2) is 42.6 Å². The van der Waals surface area contributed by atoms with Crippen molar-refractivity contribution in [1.82, 2.24) is 4.98 Å². The van der Waals surface area contributed by atoms with Crippen LogP contribution in [0.3, 0.4) is 0 Å². The minimum absolute atomic E-state index is 0.0389. The highest BCUT2D eigenvalue weighted by Gasteiger charge is 2.31. The number of benzene rings is 1. The molecule has 0 fully saturated rings. The van der Waals surface area contributed by atoms with Crippen molar-refractivity contribution in [3.63, 3.8) is 0 Å². The number of nitriles is 1. The lowest BCUT2D eigenvalue weighted by Gasteiger charge is -2.11. The summed E-state index contributed by atoms with van der Waals surface area (Å²) >= 11 is 0. The molecule has 0 aliphatic heterocycles. The molecule has 1 aromatic heterocycles. The Morgan fingerprint density at radius 1 is 1.25 bits per heavy atom. The lowest BCUT2D eigenvalue weighted by atomic mass is 10.0. The van der Waals surface area contributed by atoms with Gasteiger partial charge in [0.05, 0.1) is 17.3 Å². The van der Waals surface area contributed by atoms with E-state index in [0.29, 0.717) is 11.9 Å². The molecule has 0 radical (unpaired) electrons. The van der Waals surface area contributed by atoms with Gasteiger partial charge in [-0.25, -0.2) is 0 Å². The molecule has 0 N–H and O–H groups in total. The van der Waals surface area contributed by atoms with Crippen LogP contribution in [0.1, 0.15) is 22.7 Å². The van der Waals surface area contributed by atoms with E-state index in [4.69, 9.17) is 10.00 Å². The molecule has 2 aromatic rings. The molecule has 0 spiro atoms. The fourth-order valence-corrected chi connectivity index (χ4v) is 1.92. The Morgan fingerprint density at radius 2 is 1.92 bits per heavy atom. The van der Waals surface area contributed by atoms with Crippen LogP contribution < -0.4 is 4.74 Å². The van der Waals surface area contributed by atoms with Gasteiger partial charge in [-0.15, -0.1) is 0 Å². The molecule has 0 amide bonds. The second-order valence-corrected chi connectivity index (χ2v) is 5.10. The molecule has 0 bridgehead atoms. The predicted molar refractivity (Wildman–Crippen MR) is 79.3 cm³/mol. The van der Waals surface area contributed by atoms with Crippen LogP contribution >= 0.6 is 0 Å². The number of halogens is 3. The number of hydrogen-bond donors (Lipinski definition) is 0. The molecule has 1 heterocycles. The summed E-state index contributed by atoms with van der Waals surface area (Å²) in [7, 11) is 0. The highest BCUT2D eigenvalue weighted by atomic mass is 19.4. The van der Waals surface area contributed by atoms with Crippen molar-refractivity contribution in [1.29, 1.82) is 5.26 Å². The largest absolute Gasteiger partial charge is 0.486 e. The highest BCUT2D eigenvalue weighted by molar-refractivity contribution is 5.89. The van der Waals surface area contributed by atoms with Crippen LogP contribution in [0.2, 0.25) is 0 Å². The van der Waals surface area contributed by atoms with E-state index in [-0.39, 0.29) is 12.3 Å². The van der Waals surface area contributed by atoms with E-state index in [1.54, 1.807) is 30.3 Å². The average molecular weight is 334 g/mol. The molecule has 0 aliphatic rings. The summed E-state index contributed by atoms with van der Waals surface area (Å²) in [4.78, 5) is 15.7. The zero-order valence-corrected chi connectivity index (χ0v) is 12.7. The monoisotopic (exact) mass is 334 g/mol. The third-order valence-corrected chi connectivity index (χ3v) is 3.26. The second kappa shape index (κ2) is 7.13. The fraction of sp³-hybridized carbons (Fsp3) is 0.235. The SMILES string of the molecule is Cc1ccc(OCC(=O)C(C#N)c2ccc(C(F)(F)F)cn2)cc1. The van der Waals surface area contributed by atoms with Crippen molar-refractivity contribution in [3.05, 3.63) is 59.4 Å². The number of alkyl halides is 3. The Labute approximate surface area is 136 Å². The first-order chi connectivity index (χ1) is 11.3. The average Bonchev–Trinajstić information content (AvgIpc) is 2.55. The number of aryl methyl sites for hydroxylation is 1. The van der Waals surface area contributed by atoms with Crippen molar-refractivity contribution in [2.45, 2.75) is 19.0 Å². The summed E-state index contributed by atoms with van der Waals surface area (Å²) in [6, 6.07) is 10.5. The summed E-state index contributed by atoms with van der Waals surface area (Å²) in [5.41, 5.74) is 0.0480. The molecule has 2 rings (SSSR count). The van der Waals surface area contributed by atoms with Gasteiger partial charge in [-0.3, -0.25) is 9.78 Å². The van der Waals surface area contributed by atoms with Gasteiger partial charge in [0.1, 0.15) is 12.4 Å². The number of ketones is 1. The van der Waals surface area contributed by atoms with Crippen LogP contribution in [0.4, 0.5) is 13.2 Å². The fourth-order valence-electron chi connectivity index (χ4n) is 1.92. The topological polar surface area (TPSA) is 63.0 Å². The second-order valence-electron chi connectivity index (χ2n) is 5.10. The summed E-state index contributed by atoms with van der Waals surface area (Å²) in [5, 5.41) is 9.12. The number of hydrogen-bond acceptors (Lipinski definition) is 4. The Morgan fingerprint density at radius 3 is 2.42 bits per heavy atom. The molecule has 4 nitrogen and oxygen atoms in total. The lowest BCUT2D eigenvalue weighted by Crippen LogP contribution is -2.20. The van der Waals surface area contributed by atoms with E-state index in [1.807, 2.05) is 6.92 Å². The number of nitrogens with zero attached hydrogens (tertiary/aromatic N) is 2. The van der Waals surface area contributed by atoms with Crippen LogP contribution in [0, 0.1) is 18.3 Å². The van der Waals surface area contributed by atoms with Crippen LogP contribution in [0.5, 0.6) is 5.75 Å². The van der Waals surface area contributed by atoms with Crippen molar-refractivity contribution >= 4 is 5.78 Å². The van der Waals surface area contributed by atoms with Crippen LogP contribution in [-0.4, -0.2) is 17.4 Å². The Kier molecular flexibility index (Phi) is 5.19. The zero-order valence-electron chi connectivity index (χ0n) is 12.7. The van der Waals surface area contributed by atoms with Crippen molar-refractivity contribution in [2.75, 3.05) is 6.61 Å². The van der Waals surface area contributed by atoms with E-state index in [1.165, 1.54) is 0 Å². The van der Waals surface area contributed by atoms with E-state index < -0.39 is 23.4 Å². The van der Waals surface area contributed by atoms with Gasteiger partial charge in [0.2, 0.25) is 0 Å². The normalized spacial score (nSPS) is 12.3. The number of rotatable bonds is 5. The van der Waals surface area contributed by atoms with Gasteiger partial charge in [-0.1, -0.05) is 17.7 Å². The molecule has 1 atom stereocenters. The van der Waals surface area contributed by atoms with Crippen LogP contribution in [0.25, 0.3) is 0 Å². The predicted octanol–water partition coefficient (Wildman–Crippen LogP) is 3.66. The molecule has 1 aromatic carbocycles. The Bertz CT molecular complexity index is 747. The molecule has 0 saturated carbocycles. The third-order valence-electron chi connectivity index (χ3n) is 3.26. The lowest BCUT2D eigenvalue weighted by molar-refractivity contribution is -0.137. The molecule has 0 aliphatic carbocycles. The van der Waals surface area contributed by atoms with E-state index >= 15 is 0 Å². The smallest absolute Gasteiger partial charge is 0.417 e. The van der Waals surface area contributed by atoms with Crippen LogP contribution in [-0.2, 0) is 11.0 Å². The molecule has 0 saturated heterocycles. The minimum atomic E-state index is -4.52. The highest BCUT2D eigenvalue weighted by Crippen LogP contribution is 2.29. The third kappa shape index (κ3) is 4.32. The summed E-state index contributed by atoms with van der Waals surface area (Å²) in [6.07, 6.45) is -3.92. The summed E-state index contributed by atoms with van der Waals surface area (Å²) in [6.45, 7) is 1.53. The number of carbonyl (C=O) groups is 1. The zero-order chi connectivity index (χ0) is 17.7. The maximum atomic E-state index is 12.5. The van der Waals surface area contributed by atoms with Crippen molar-refractivity contribution in [2.24, 2.45) is 0 Å². The first-order valence-electron chi connectivity index (χ1n) is 6.96. The molecule has 1 unspecified atom stereocenters. The van der Waals surface area contributed by atoms with Gasteiger partial charge in [0.15, 0.2) is 11.7 Å². The van der Waals surface area contributed by atoms with Gasteiger partial charge in [0, 0.05) is 6.20 Å². The van der Waals surface area contributed by atoms with E-state index in [9.17, 15) is 18.0 Å². The molecule has 124 valence electrons. The Balaban J connectivity index is 2.06. The van der Waals surface area contributed by atoms with E-state index in [2.05, 4.69) is 4.98 Å². The van der Waals surface area contributed by atoms with Gasteiger partial charge in [0.25, 0.3) is 0 Å².